The second-order valence-corrected chi connectivity index (χ2v) is 7.24. The second kappa shape index (κ2) is 10.5. The predicted molar refractivity (Wildman–Crippen MR) is 115 cm³/mol. The summed E-state index contributed by atoms with van der Waals surface area (Å²) >= 11 is 0. The molecule has 0 fully saturated rings. The standard InChI is InChI=1S/C25H24F2N2O2/c1-28-25(31)23(15-18-7-3-2-4-8-18)29(17-20-9-5-6-10-22(20)27)24(30)16-19-11-13-21(26)14-12-19/h2-14,23H,15-17H2,1H3,(H,28,31)/t23-/m0/s1. The van der Waals surface area contributed by atoms with E-state index < -0.39 is 17.7 Å². The zero-order chi connectivity index (χ0) is 22.2. The monoisotopic (exact) mass is 422 g/mol. The molecule has 0 saturated heterocycles. The topological polar surface area (TPSA) is 49.4 Å². The van der Waals surface area contributed by atoms with Gasteiger partial charge in [-0.2, -0.15) is 0 Å². The van der Waals surface area contributed by atoms with Crippen LogP contribution in [-0.4, -0.2) is 29.8 Å². The summed E-state index contributed by atoms with van der Waals surface area (Å²) in [4.78, 5) is 27.5. The van der Waals surface area contributed by atoms with E-state index in [1.807, 2.05) is 30.3 Å². The van der Waals surface area contributed by atoms with Crippen LogP contribution in [0.2, 0.25) is 0 Å². The highest BCUT2D eigenvalue weighted by Gasteiger charge is 2.30. The molecule has 0 aliphatic carbocycles. The van der Waals surface area contributed by atoms with Crippen LogP contribution in [-0.2, 0) is 29.0 Å². The Morgan fingerprint density at radius 2 is 1.52 bits per heavy atom. The third-order valence-electron chi connectivity index (χ3n) is 5.08. The summed E-state index contributed by atoms with van der Waals surface area (Å²) in [5.74, 6) is -1.53. The molecule has 2 amide bonds. The van der Waals surface area contributed by atoms with Crippen molar-refractivity contribution in [1.82, 2.24) is 10.2 Å². The number of nitrogens with zero attached hydrogens (tertiary/aromatic N) is 1. The van der Waals surface area contributed by atoms with E-state index in [2.05, 4.69) is 5.32 Å². The zero-order valence-electron chi connectivity index (χ0n) is 17.2. The maximum Gasteiger partial charge on any atom is 0.242 e. The second-order valence-electron chi connectivity index (χ2n) is 7.24. The molecule has 0 radical (unpaired) electrons. The molecule has 0 aliphatic rings. The van der Waals surface area contributed by atoms with Crippen LogP contribution < -0.4 is 5.32 Å². The Labute approximate surface area is 180 Å². The van der Waals surface area contributed by atoms with E-state index in [-0.39, 0.29) is 31.2 Å². The largest absolute Gasteiger partial charge is 0.357 e. The first kappa shape index (κ1) is 22.2. The molecule has 4 nitrogen and oxygen atoms in total. The van der Waals surface area contributed by atoms with Gasteiger partial charge in [0, 0.05) is 25.6 Å². The Hall–Kier alpha value is -3.54. The van der Waals surface area contributed by atoms with Gasteiger partial charge in [0.15, 0.2) is 0 Å². The molecule has 0 saturated carbocycles. The van der Waals surface area contributed by atoms with E-state index in [0.29, 0.717) is 11.1 Å². The van der Waals surface area contributed by atoms with Gasteiger partial charge < -0.3 is 10.2 Å². The Morgan fingerprint density at radius 3 is 2.16 bits per heavy atom. The van der Waals surface area contributed by atoms with Crippen LogP contribution in [0.4, 0.5) is 8.78 Å². The Kier molecular flexibility index (Phi) is 7.49. The molecule has 0 unspecified atom stereocenters. The Balaban J connectivity index is 1.94. The molecule has 0 spiro atoms. The molecule has 1 N–H and O–H groups in total. The third-order valence-corrected chi connectivity index (χ3v) is 5.08. The number of likely N-dealkylation sites (N-methyl/N-ethyl adjacent to an activating group) is 1. The van der Waals surface area contributed by atoms with Crippen molar-refractivity contribution < 1.29 is 18.4 Å². The lowest BCUT2D eigenvalue weighted by Crippen LogP contribution is -2.50. The minimum Gasteiger partial charge on any atom is -0.357 e. The maximum atomic E-state index is 14.4. The van der Waals surface area contributed by atoms with Gasteiger partial charge in [-0.15, -0.1) is 0 Å². The van der Waals surface area contributed by atoms with E-state index in [0.717, 1.165) is 5.56 Å². The highest BCUT2D eigenvalue weighted by Crippen LogP contribution is 2.18. The SMILES string of the molecule is CNC(=O)[C@H](Cc1ccccc1)N(Cc1ccccc1F)C(=O)Cc1ccc(F)cc1. The highest BCUT2D eigenvalue weighted by atomic mass is 19.1. The first-order chi connectivity index (χ1) is 15.0. The summed E-state index contributed by atoms with van der Waals surface area (Å²) in [5, 5.41) is 2.62. The number of rotatable bonds is 8. The van der Waals surface area contributed by atoms with Gasteiger partial charge in [0.2, 0.25) is 11.8 Å². The molecule has 3 aromatic carbocycles. The van der Waals surface area contributed by atoms with Gasteiger partial charge >= 0.3 is 0 Å². The van der Waals surface area contributed by atoms with Crippen molar-refractivity contribution >= 4 is 11.8 Å². The lowest BCUT2D eigenvalue weighted by molar-refractivity contribution is -0.140. The number of hydrogen-bond donors (Lipinski definition) is 1. The van der Waals surface area contributed by atoms with Gasteiger partial charge in [-0.25, -0.2) is 8.78 Å². The maximum absolute atomic E-state index is 14.4. The number of halogens is 2. The van der Waals surface area contributed by atoms with Crippen LogP contribution in [0.5, 0.6) is 0 Å². The van der Waals surface area contributed by atoms with Crippen molar-refractivity contribution in [3.63, 3.8) is 0 Å². The van der Waals surface area contributed by atoms with Crippen LogP contribution in [0.3, 0.4) is 0 Å². The molecular weight excluding hydrogens is 398 g/mol. The molecule has 0 bridgehead atoms. The first-order valence-electron chi connectivity index (χ1n) is 10.0. The van der Waals surface area contributed by atoms with E-state index in [9.17, 15) is 18.4 Å². The smallest absolute Gasteiger partial charge is 0.242 e. The summed E-state index contributed by atoms with van der Waals surface area (Å²) in [5.41, 5.74) is 1.81. The van der Waals surface area contributed by atoms with Gasteiger partial charge in [0.1, 0.15) is 17.7 Å². The van der Waals surface area contributed by atoms with Crippen LogP contribution >= 0.6 is 0 Å². The molecule has 0 heterocycles. The minimum atomic E-state index is -0.833. The lowest BCUT2D eigenvalue weighted by atomic mass is 10.0. The molecule has 31 heavy (non-hydrogen) atoms. The van der Waals surface area contributed by atoms with Gasteiger partial charge in [-0.05, 0) is 29.3 Å². The number of hydrogen-bond acceptors (Lipinski definition) is 2. The van der Waals surface area contributed by atoms with E-state index >= 15 is 0 Å². The molecule has 6 heteroatoms. The van der Waals surface area contributed by atoms with Crippen LogP contribution in [0.1, 0.15) is 16.7 Å². The Morgan fingerprint density at radius 1 is 0.871 bits per heavy atom. The summed E-state index contributed by atoms with van der Waals surface area (Å²) in [7, 11) is 1.51. The molecule has 1 atom stereocenters. The molecule has 3 aromatic rings. The molecule has 160 valence electrons. The van der Waals surface area contributed by atoms with E-state index in [4.69, 9.17) is 0 Å². The summed E-state index contributed by atoms with van der Waals surface area (Å²) in [6, 6.07) is 20.3. The van der Waals surface area contributed by atoms with Gasteiger partial charge in [-0.1, -0.05) is 60.7 Å². The highest BCUT2D eigenvalue weighted by molar-refractivity contribution is 5.88. The van der Waals surface area contributed by atoms with Crippen molar-refractivity contribution in [3.8, 4) is 0 Å². The van der Waals surface area contributed by atoms with Gasteiger partial charge in [0.25, 0.3) is 0 Å². The summed E-state index contributed by atoms with van der Waals surface area (Å²) in [6.45, 7) is -0.0579. The molecule has 0 aliphatic heterocycles. The average Bonchev–Trinajstić information content (AvgIpc) is 2.79. The average molecular weight is 422 g/mol. The fraction of sp³-hybridized carbons (Fsp3) is 0.200. The Bertz CT molecular complexity index is 1020. The molecular formula is C25H24F2N2O2. The normalized spacial score (nSPS) is 11.6. The minimum absolute atomic E-state index is 0.0307. The fourth-order valence-corrected chi connectivity index (χ4v) is 3.41. The number of nitrogens with one attached hydrogen (secondary N) is 1. The summed E-state index contributed by atoms with van der Waals surface area (Å²) < 4.78 is 27.6. The number of carbonyl (C=O) groups is 2. The van der Waals surface area contributed by atoms with E-state index in [1.54, 1.807) is 18.2 Å². The van der Waals surface area contributed by atoms with Gasteiger partial charge in [-0.3, -0.25) is 9.59 Å². The lowest BCUT2D eigenvalue weighted by Gasteiger charge is -2.31. The van der Waals surface area contributed by atoms with E-state index in [1.165, 1.54) is 42.3 Å². The van der Waals surface area contributed by atoms with Crippen molar-refractivity contribution in [1.29, 1.82) is 0 Å². The summed E-state index contributed by atoms with van der Waals surface area (Å²) in [6.07, 6.45) is 0.251. The van der Waals surface area contributed by atoms with Crippen LogP contribution in [0, 0.1) is 11.6 Å². The van der Waals surface area contributed by atoms with Crippen LogP contribution in [0.15, 0.2) is 78.9 Å². The van der Waals surface area contributed by atoms with Crippen molar-refractivity contribution in [2.75, 3.05) is 7.05 Å². The van der Waals surface area contributed by atoms with Gasteiger partial charge in [0.05, 0.1) is 6.42 Å². The first-order valence-corrected chi connectivity index (χ1v) is 10.0. The van der Waals surface area contributed by atoms with Crippen molar-refractivity contribution in [2.24, 2.45) is 0 Å². The zero-order valence-corrected chi connectivity index (χ0v) is 17.2. The van der Waals surface area contributed by atoms with Crippen LogP contribution in [0.25, 0.3) is 0 Å². The number of amides is 2. The molecule has 3 rings (SSSR count). The third kappa shape index (κ3) is 5.98. The number of benzene rings is 3. The molecule has 0 aromatic heterocycles. The van der Waals surface area contributed by atoms with Crippen molar-refractivity contribution in [2.45, 2.75) is 25.4 Å². The number of carbonyl (C=O) groups excluding carboxylic acids is 2. The fourth-order valence-electron chi connectivity index (χ4n) is 3.41. The predicted octanol–water partition coefficient (Wildman–Crippen LogP) is 3.89. The van der Waals surface area contributed by atoms with Crippen molar-refractivity contribution in [3.05, 3.63) is 107 Å². The quantitative estimate of drug-likeness (QED) is 0.599.